The summed E-state index contributed by atoms with van der Waals surface area (Å²) in [5.74, 6) is -0.0219. The molecule has 0 spiro atoms. The molecule has 4 N–H and O–H groups in total. The predicted octanol–water partition coefficient (Wildman–Crippen LogP) is -1.09. The summed E-state index contributed by atoms with van der Waals surface area (Å²) in [5.41, 5.74) is 5.77. The van der Waals surface area contributed by atoms with E-state index in [2.05, 4.69) is 10.2 Å². The van der Waals surface area contributed by atoms with E-state index in [9.17, 15) is 4.79 Å². The van der Waals surface area contributed by atoms with Gasteiger partial charge in [0.15, 0.2) is 0 Å². The number of nitrogens with two attached hydrogens (primary N) is 1. The van der Waals surface area contributed by atoms with Gasteiger partial charge in [-0.15, -0.1) is 0 Å². The van der Waals surface area contributed by atoms with Crippen molar-refractivity contribution in [2.45, 2.75) is 31.9 Å². The van der Waals surface area contributed by atoms with Gasteiger partial charge in [0.05, 0.1) is 12.6 Å². The second-order valence-corrected chi connectivity index (χ2v) is 4.27. The molecule has 0 unspecified atom stereocenters. The Labute approximate surface area is 90.6 Å². The zero-order valence-corrected chi connectivity index (χ0v) is 9.28. The summed E-state index contributed by atoms with van der Waals surface area (Å²) in [5, 5.41) is 11.7. The summed E-state index contributed by atoms with van der Waals surface area (Å²) < 4.78 is 0. The van der Waals surface area contributed by atoms with Gasteiger partial charge in [-0.3, -0.25) is 9.69 Å². The molecular weight excluding hydrogens is 194 g/mol. The Hall–Kier alpha value is -0.650. The highest BCUT2D eigenvalue weighted by molar-refractivity contribution is 5.78. The van der Waals surface area contributed by atoms with E-state index < -0.39 is 6.10 Å². The van der Waals surface area contributed by atoms with E-state index in [-0.39, 0.29) is 5.91 Å². The number of rotatable bonds is 4. The molecule has 0 aromatic heterocycles. The zero-order chi connectivity index (χ0) is 11.3. The third kappa shape index (κ3) is 5.11. The third-order valence-corrected chi connectivity index (χ3v) is 2.59. The normalized spacial score (nSPS) is 21.3. The average Bonchev–Trinajstić information content (AvgIpc) is 2.19. The fourth-order valence-electron chi connectivity index (χ4n) is 1.63. The molecule has 5 nitrogen and oxygen atoms in total. The summed E-state index contributed by atoms with van der Waals surface area (Å²) in [4.78, 5) is 13.5. The Balaban J connectivity index is 2.15. The molecule has 1 rings (SSSR count). The third-order valence-electron chi connectivity index (χ3n) is 2.59. The molecule has 15 heavy (non-hydrogen) atoms. The van der Waals surface area contributed by atoms with Gasteiger partial charge < -0.3 is 16.2 Å². The Morgan fingerprint density at radius 3 is 2.73 bits per heavy atom. The summed E-state index contributed by atoms with van der Waals surface area (Å²) in [6.45, 7) is 4.18. The maximum atomic E-state index is 11.4. The number of nitrogens with one attached hydrogen (secondary N) is 1. The van der Waals surface area contributed by atoms with Crippen molar-refractivity contribution in [2.75, 3.05) is 26.2 Å². The zero-order valence-electron chi connectivity index (χ0n) is 9.28. The van der Waals surface area contributed by atoms with Gasteiger partial charge in [-0.1, -0.05) is 0 Å². The summed E-state index contributed by atoms with van der Waals surface area (Å²) in [6.07, 6.45) is 1.44. The summed E-state index contributed by atoms with van der Waals surface area (Å²) in [7, 11) is 0. The van der Waals surface area contributed by atoms with Crippen molar-refractivity contribution in [3.8, 4) is 0 Å². The van der Waals surface area contributed by atoms with E-state index in [1.807, 2.05) is 0 Å². The first-order chi connectivity index (χ1) is 7.08. The van der Waals surface area contributed by atoms with Crippen molar-refractivity contribution in [2.24, 2.45) is 5.73 Å². The van der Waals surface area contributed by atoms with Gasteiger partial charge in [0.1, 0.15) is 0 Å². The summed E-state index contributed by atoms with van der Waals surface area (Å²) in [6, 6.07) is 0.293. The molecule has 1 aliphatic heterocycles. The molecule has 0 aromatic rings. The van der Waals surface area contributed by atoms with Crippen LogP contribution >= 0.6 is 0 Å². The molecule has 1 heterocycles. The average molecular weight is 215 g/mol. The molecule has 0 aromatic carbocycles. The molecule has 5 heteroatoms. The number of likely N-dealkylation sites (tertiary alicyclic amines) is 1. The van der Waals surface area contributed by atoms with Crippen molar-refractivity contribution in [1.29, 1.82) is 0 Å². The van der Waals surface area contributed by atoms with Crippen LogP contribution in [0.2, 0.25) is 0 Å². The highest BCUT2D eigenvalue weighted by Crippen LogP contribution is 2.06. The van der Waals surface area contributed by atoms with Gasteiger partial charge >= 0.3 is 0 Å². The minimum absolute atomic E-state index is 0.0219. The number of hydrogen-bond acceptors (Lipinski definition) is 4. The molecule has 1 fully saturated rings. The molecule has 88 valence electrons. The van der Waals surface area contributed by atoms with Crippen LogP contribution in [-0.4, -0.2) is 54.2 Å². The molecule has 0 saturated carbocycles. The van der Waals surface area contributed by atoms with Crippen LogP contribution in [-0.2, 0) is 4.79 Å². The Bertz CT molecular complexity index is 201. The number of hydrogen-bond donors (Lipinski definition) is 3. The molecular formula is C10H21N3O2. The number of nitrogens with zero attached hydrogens (tertiary/aromatic N) is 1. The van der Waals surface area contributed by atoms with Gasteiger partial charge in [-0.05, 0) is 19.8 Å². The quantitative estimate of drug-likeness (QED) is 0.556. The van der Waals surface area contributed by atoms with E-state index in [0.717, 1.165) is 25.9 Å². The molecule has 1 atom stereocenters. The van der Waals surface area contributed by atoms with Crippen LogP contribution in [0.1, 0.15) is 19.8 Å². The molecule has 0 bridgehead atoms. The number of carbonyl (C=O) groups is 1. The van der Waals surface area contributed by atoms with Crippen molar-refractivity contribution in [1.82, 2.24) is 10.2 Å². The van der Waals surface area contributed by atoms with Crippen molar-refractivity contribution in [3.63, 3.8) is 0 Å². The van der Waals surface area contributed by atoms with E-state index in [0.29, 0.717) is 19.1 Å². The van der Waals surface area contributed by atoms with Gasteiger partial charge in [0, 0.05) is 25.7 Å². The van der Waals surface area contributed by atoms with Gasteiger partial charge in [-0.2, -0.15) is 0 Å². The molecule has 1 aliphatic rings. The molecule has 0 radical (unpaired) electrons. The minimum atomic E-state index is -0.483. The van der Waals surface area contributed by atoms with Crippen LogP contribution in [0, 0.1) is 0 Å². The lowest BCUT2D eigenvalue weighted by atomic mass is 10.1. The fourth-order valence-corrected chi connectivity index (χ4v) is 1.63. The monoisotopic (exact) mass is 215 g/mol. The molecule has 1 saturated heterocycles. The predicted molar refractivity (Wildman–Crippen MR) is 58.3 cm³/mol. The van der Waals surface area contributed by atoms with Gasteiger partial charge in [0.25, 0.3) is 0 Å². The van der Waals surface area contributed by atoms with E-state index >= 15 is 0 Å². The second kappa shape index (κ2) is 6.05. The van der Waals surface area contributed by atoms with Gasteiger partial charge in [0.2, 0.25) is 5.91 Å². The van der Waals surface area contributed by atoms with Crippen molar-refractivity contribution >= 4 is 5.91 Å². The lowest BCUT2D eigenvalue weighted by molar-refractivity contribution is -0.122. The van der Waals surface area contributed by atoms with Crippen LogP contribution < -0.4 is 11.1 Å². The van der Waals surface area contributed by atoms with Crippen LogP contribution in [0.25, 0.3) is 0 Å². The Kier molecular flexibility index (Phi) is 5.01. The maximum Gasteiger partial charge on any atom is 0.234 e. The van der Waals surface area contributed by atoms with Crippen LogP contribution in [0.3, 0.4) is 0 Å². The SMILES string of the molecule is C[C@H](O)CNC(=O)CN1CCC(N)CC1. The van der Waals surface area contributed by atoms with Crippen molar-refractivity contribution < 1.29 is 9.90 Å². The number of aliphatic hydroxyl groups excluding tert-OH is 1. The van der Waals surface area contributed by atoms with Crippen LogP contribution in [0.5, 0.6) is 0 Å². The largest absolute Gasteiger partial charge is 0.392 e. The Morgan fingerprint density at radius 2 is 2.20 bits per heavy atom. The van der Waals surface area contributed by atoms with Crippen LogP contribution in [0.15, 0.2) is 0 Å². The molecule has 0 aliphatic carbocycles. The lowest BCUT2D eigenvalue weighted by Crippen LogP contribution is -2.45. The van der Waals surface area contributed by atoms with E-state index in [4.69, 9.17) is 10.8 Å². The first kappa shape index (κ1) is 12.4. The van der Waals surface area contributed by atoms with E-state index in [1.165, 1.54) is 0 Å². The fraction of sp³-hybridized carbons (Fsp3) is 0.900. The minimum Gasteiger partial charge on any atom is -0.392 e. The van der Waals surface area contributed by atoms with Gasteiger partial charge in [-0.25, -0.2) is 0 Å². The summed E-state index contributed by atoms with van der Waals surface area (Å²) >= 11 is 0. The van der Waals surface area contributed by atoms with E-state index in [1.54, 1.807) is 6.92 Å². The topological polar surface area (TPSA) is 78.6 Å². The Morgan fingerprint density at radius 1 is 1.60 bits per heavy atom. The van der Waals surface area contributed by atoms with Crippen molar-refractivity contribution in [3.05, 3.63) is 0 Å². The first-order valence-electron chi connectivity index (χ1n) is 5.50. The number of amides is 1. The number of piperidine rings is 1. The number of carbonyl (C=O) groups excluding carboxylic acids is 1. The van der Waals surface area contributed by atoms with Crippen LogP contribution in [0.4, 0.5) is 0 Å². The standard InChI is InChI=1S/C10H21N3O2/c1-8(14)6-12-10(15)7-13-4-2-9(11)3-5-13/h8-9,14H,2-7,11H2,1H3,(H,12,15)/t8-/m0/s1. The highest BCUT2D eigenvalue weighted by Gasteiger charge is 2.17. The first-order valence-corrected chi connectivity index (χ1v) is 5.50. The lowest BCUT2D eigenvalue weighted by Gasteiger charge is -2.29. The molecule has 1 amide bonds. The smallest absolute Gasteiger partial charge is 0.234 e. The second-order valence-electron chi connectivity index (χ2n) is 4.27. The highest BCUT2D eigenvalue weighted by atomic mass is 16.3. The number of aliphatic hydroxyl groups is 1. The maximum absolute atomic E-state index is 11.4.